The SMILES string of the molecule is NC1=N[C@H]2[C@H](CO)N=C(N)N3C[C@H](OC(=O)c4ccc(Cl)cc4Cl)C(O)(O)[C@]23N1. The van der Waals surface area contributed by atoms with E-state index in [9.17, 15) is 20.1 Å². The molecule has 0 saturated carbocycles. The molecule has 11 nitrogen and oxygen atoms in total. The zero-order valence-electron chi connectivity index (χ0n) is 14.8. The fourth-order valence-corrected chi connectivity index (χ4v) is 4.51. The van der Waals surface area contributed by atoms with E-state index < -0.39 is 42.2 Å². The number of hydrogen-bond acceptors (Lipinski definition) is 11. The van der Waals surface area contributed by atoms with Crippen LogP contribution in [0.4, 0.5) is 0 Å². The number of aliphatic hydroxyl groups excluding tert-OH is 1. The van der Waals surface area contributed by atoms with Gasteiger partial charge < -0.3 is 41.7 Å². The predicted molar refractivity (Wildman–Crippen MR) is 103 cm³/mol. The molecule has 0 aromatic heterocycles. The maximum absolute atomic E-state index is 12.6. The maximum atomic E-state index is 12.6. The molecule has 4 rings (SSSR count). The van der Waals surface area contributed by atoms with E-state index in [-0.39, 0.29) is 29.0 Å². The molecule has 1 aromatic rings. The molecule has 0 bridgehead atoms. The van der Waals surface area contributed by atoms with Crippen LogP contribution in [0, 0.1) is 0 Å². The van der Waals surface area contributed by atoms with Gasteiger partial charge in [-0.25, -0.2) is 14.8 Å². The molecule has 1 fully saturated rings. The molecule has 29 heavy (non-hydrogen) atoms. The molecule has 4 atom stereocenters. The Morgan fingerprint density at radius 1 is 1.34 bits per heavy atom. The average Bonchev–Trinajstić information content (AvgIpc) is 3.10. The topological polar surface area (TPSA) is 179 Å². The molecule has 0 radical (unpaired) electrons. The molecular weight excluding hydrogens is 427 g/mol. The summed E-state index contributed by atoms with van der Waals surface area (Å²) in [4.78, 5) is 22.2. The van der Waals surface area contributed by atoms with Crippen LogP contribution in [0.1, 0.15) is 10.4 Å². The summed E-state index contributed by atoms with van der Waals surface area (Å²) in [6.45, 7) is -0.677. The summed E-state index contributed by atoms with van der Waals surface area (Å²) in [5.74, 6) is -3.76. The first-order valence-corrected chi connectivity index (χ1v) is 9.31. The Kier molecular flexibility index (Phi) is 4.55. The highest BCUT2D eigenvalue weighted by atomic mass is 35.5. The number of nitrogens with zero attached hydrogens (tertiary/aromatic N) is 3. The van der Waals surface area contributed by atoms with Crippen LogP contribution >= 0.6 is 23.2 Å². The molecule has 3 aliphatic heterocycles. The summed E-state index contributed by atoms with van der Waals surface area (Å²) in [7, 11) is 0. The largest absolute Gasteiger partial charge is 0.451 e. The minimum atomic E-state index is -2.69. The molecule has 8 N–H and O–H groups in total. The highest BCUT2D eigenvalue weighted by Gasteiger charge is 2.74. The zero-order chi connectivity index (χ0) is 21.1. The van der Waals surface area contributed by atoms with Crippen molar-refractivity contribution in [3.8, 4) is 0 Å². The van der Waals surface area contributed by atoms with E-state index in [0.717, 1.165) is 0 Å². The Morgan fingerprint density at radius 2 is 2.07 bits per heavy atom. The third-order valence-corrected chi connectivity index (χ3v) is 5.88. The van der Waals surface area contributed by atoms with Gasteiger partial charge in [-0.05, 0) is 18.2 Å². The van der Waals surface area contributed by atoms with Crippen LogP contribution in [0.15, 0.2) is 28.2 Å². The first-order valence-electron chi connectivity index (χ1n) is 8.55. The molecule has 3 heterocycles. The second-order valence-corrected chi connectivity index (χ2v) is 7.79. The number of carbonyl (C=O) groups excluding carboxylic acids is 1. The summed E-state index contributed by atoms with van der Waals surface area (Å²) in [6, 6.07) is 2.31. The number of ether oxygens (including phenoxy) is 1. The molecule has 156 valence electrons. The Balaban J connectivity index is 1.69. The average molecular weight is 445 g/mol. The first kappa shape index (κ1) is 20.0. The third kappa shape index (κ3) is 2.73. The molecule has 3 aliphatic rings. The van der Waals surface area contributed by atoms with Crippen LogP contribution < -0.4 is 16.8 Å². The number of nitrogens with two attached hydrogens (primary N) is 2. The summed E-state index contributed by atoms with van der Waals surface area (Å²) < 4.78 is 5.37. The van der Waals surface area contributed by atoms with E-state index in [4.69, 9.17) is 39.4 Å². The molecule has 1 spiro atoms. The van der Waals surface area contributed by atoms with Crippen molar-refractivity contribution in [2.45, 2.75) is 29.6 Å². The predicted octanol–water partition coefficient (Wildman–Crippen LogP) is -1.81. The van der Waals surface area contributed by atoms with Gasteiger partial charge in [-0.15, -0.1) is 0 Å². The standard InChI is InChI=1S/C16H18Cl2N6O5/c17-6-1-2-7(8(18)3-6)12(26)29-10-4-24-14(20)21-9(5-25)11-15(24,16(10,27)28)23-13(19)22-11/h1-3,9-11,25,27-28H,4-5H2,(H2,20,21)(H3,19,22,23)/t9-,10-,11-,15-/m0/s1. The number of esters is 1. The number of rotatable bonds is 3. The Morgan fingerprint density at radius 3 is 2.72 bits per heavy atom. The van der Waals surface area contributed by atoms with Gasteiger partial charge in [0.2, 0.25) is 5.79 Å². The second-order valence-electron chi connectivity index (χ2n) is 6.94. The van der Waals surface area contributed by atoms with Crippen LogP contribution in [-0.4, -0.2) is 80.9 Å². The van der Waals surface area contributed by atoms with Gasteiger partial charge in [-0.3, -0.25) is 0 Å². The molecule has 1 saturated heterocycles. The number of halogens is 2. The minimum absolute atomic E-state index is 0.00388. The number of nitrogens with one attached hydrogen (secondary N) is 1. The van der Waals surface area contributed by atoms with E-state index in [1.54, 1.807) is 0 Å². The van der Waals surface area contributed by atoms with Gasteiger partial charge in [-0.2, -0.15) is 0 Å². The van der Waals surface area contributed by atoms with Crippen LogP contribution in [0.3, 0.4) is 0 Å². The van der Waals surface area contributed by atoms with Crippen LogP contribution in [0.5, 0.6) is 0 Å². The summed E-state index contributed by atoms with van der Waals surface area (Å²) in [5.41, 5.74) is 9.99. The lowest BCUT2D eigenvalue weighted by Gasteiger charge is -2.48. The fourth-order valence-electron chi connectivity index (χ4n) is 4.02. The molecule has 0 aliphatic carbocycles. The normalized spacial score (nSPS) is 32.0. The quantitative estimate of drug-likeness (QED) is 0.231. The van der Waals surface area contributed by atoms with Crippen LogP contribution in [0.25, 0.3) is 0 Å². The van der Waals surface area contributed by atoms with E-state index in [2.05, 4.69) is 15.3 Å². The van der Waals surface area contributed by atoms with Gasteiger partial charge in [0.1, 0.15) is 12.1 Å². The lowest BCUT2D eigenvalue weighted by Crippen LogP contribution is -2.77. The number of aliphatic hydroxyl groups is 3. The Labute approximate surface area is 174 Å². The zero-order valence-corrected chi connectivity index (χ0v) is 16.3. The van der Waals surface area contributed by atoms with Crippen LogP contribution in [0.2, 0.25) is 10.0 Å². The monoisotopic (exact) mass is 444 g/mol. The maximum Gasteiger partial charge on any atom is 0.340 e. The molecule has 1 aromatic carbocycles. The van der Waals surface area contributed by atoms with Gasteiger partial charge in [0, 0.05) is 5.02 Å². The van der Waals surface area contributed by atoms with Crippen molar-refractivity contribution in [3.63, 3.8) is 0 Å². The number of benzene rings is 1. The molecular formula is C16H18Cl2N6O5. The summed E-state index contributed by atoms with van der Waals surface area (Å²) >= 11 is 11.9. The number of aliphatic imine (C=N–C) groups is 2. The van der Waals surface area contributed by atoms with Gasteiger partial charge in [0.15, 0.2) is 23.7 Å². The van der Waals surface area contributed by atoms with E-state index in [0.29, 0.717) is 5.02 Å². The van der Waals surface area contributed by atoms with Gasteiger partial charge >= 0.3 is 5.97 Å². The molecule has 0 unspecified atom stereocenters. The van der Waals surface area contributed by atoms with E-state index >= 15 is 0 Å². The van der Waals surface area contributed by atoms with Crippen molar-refractivity contribution < 1.29 is 24.9 Å². The van der Waals surface area contributed by atoms with Crippen LogP contribution in [-0.2, 0) is 4.74 Å². The lowest BCUT2D eigenvalue weighted by molar-refractivity contribution is -0.257. The number of carbonyl (C=O) groups is 1. The van der Waals surface area contributed by atoms with Crippen molar-refractivity contribution in [3.05, 3.63) is 33.8 Å². The van der Waals surface area contributed by atoms with Crippen molar-refractivity contribution in [1.82, 2.24) is 10.2 Å². The lowest BCUT2D eigenvalue weighted by atomic mass is 9.86. The third-order valence-electron chi connectivity index (χ3n) is 5.34. The van der Waals surface area contributed by atoms with Crippen molar-refractivity contribution in [1.29, 1.82) is 0 Å². The summed E-state index contributed by atoms with van der Waals surface area (Å²) in [5, 5.41) is 34.9. The van der Waals surface area contributed by atoms with Gasteiger partial charge in [-0.1, -0.05) is 23.2 Å². The van der Waals surface area contributed by atoms with Gasteiger partial charge in [0.25, 0.3) is 0 Å². The Bertz CT molecular complexity index is 940. The van der Waals surface area contributed by atoms with Crippen molar-refractivity contribution in [2.24, 2.45) is 21.5 Å². The highest BCUT2D eigenvalue weighted by molar-refractivity contribution is 6.36. The molecule has 13 heteroatoms. The minimum Gasteiger partial charge on any atom is -0.451 e. The fraction of sp³-hybridized carbons (Fsp3) is 0.438. The highest BCUT2D eigenvalue weighted by Crippen LogP contribution is 2.45. The first-order chi connectivity index (χ1) is 13.6. The smallest absolute Gasteiger partial charge is 0.340 e. The van der Waals surface area contributed by atoms with Gasteiger partial charge in [0.05, 0.1) is 23.7 Å². The summed E-state index contributed by atoms with van der Waals surface area (Å²) in [6.07, 6.45) is -1.47. The second kappa shape index (κ2) is 6.61. The number of hydrogen-bond donors (Lipinski definition) is 6. The van der Waals surface area contributed by atoms with Crippen molar-refractivity contribution >= 4 is 41.1 Å². The van der Waals surface area contributed by atoms with E-state index in [1.807, 2.05) is 0 Å². The Hall–Kier alpha value is -2.31. The molecule has 0 amide bonds. The van der Waals surface area contributed by atoms with Crippen molar-refractivity contribution in [2.75, 3.05) is 13.2 Å². The van der Waals surface area contributed by atoms with E-state index in [1.165, 1.54) is 23.1 Å². The number of guanidine groups is 2.